The second kappa shape index (κ2) is 240. The van der Waals surface area contributed by atoms with E-state index in [1.165, 1.54) is 0 Å². The Hall–Kier alpha value is -0.330. The van der Waals surface area contributed by atoms with Crippen molar-refractivity contribution in [1.29, 1.82) is 5.26 Å². The second-order valence-corrected chi connectivity index (χ2v) is 0. The largest absolute Gasteiger partial charge is 0.269 e. The first-order valence-corrected chi connectivity index (χ1v) is 0.258. The fraction of sp³-hybridized carbons (Fsp3) is 0. The Labute approximate surface area is 35.5 Å². The molecular weight excluding hydrogens is 96.5 g/mol. The predicted molar refractivity (Wildman–Crippen MR) is 18.4 cm³/mol. The summed E-state index contributed by atoms with van der Waals surface area (Å²) in [6, 6.07) is 0. The first-order chi connectivity index (χ1) is 1.00. The minimum atomic E-state index is 0. The van der Waals surface area contributed by atoms with Crippen molar-refractivity contribution >= 4 is 12.4 Å². The van der Waals surface area contributed by atoms with Crippen LogP contribution in [-0.2, 0) is 0 Å². The fourth-order valence-electron chi connectivity index (χ4n) is 0. The van der Waals surface area contributed by atoms with Gasteiger partial charge in [-0.05, 0) is 0 Å². The third-order valence-corrected chi connectivity index (χ3v) is 0. The molecule has 0 aliphatic rings. The molecule has 1 N–H and O–H groups in total. The first-order valence-electron chi connectivity index (χ1n) is 0.258. The van der Waals surface area contributed by atoms with Crippen LogP contribution in [0.2, 0.25) is 0 Å². The fourth-order valence-corrected chi connectivity index (χ4v) is 0. The number of halogens is 2. The van der Waals surface area contributed by atoms with E-state index in [9.17, 15) is 0 Å². The van der Waals surface area contributed by atoms with Crippen LogP contribution in [0.15, 0.2) is 0 Å². The molecule has 0 aromatic carbocycles. The van der Waals surface area contributed by atoms with Gasteiger partial charge in [0.2, 0.25) is 0 Å². The maximum Gasteiger partial charge on any atom is 0.0462 e. The molecule has 2 nitrogen and oxygen atoms in total. The molecule has 0 rings (SSSR count). The minimum absolute atomic E-state index is 0. The van der Waals surface area contributed by atoms with Gasteiger partial charge in [0.1, 0.15) is 0 Å². The van der Waals surface area contributed by atoms with Crippen LogP contribution in [0.1, 0.15) is 0 Å². The highest BCUT2D eigenvalue weighted by molar-refractivity contribution is 5.85. The van der Waals surface area contributed by atoms with Gasteiger partial charge in [-0.25, -0.2) is 5.26 Å². The van der Waals surface area contributed by atoms with E-state index in [0.29, 0.717) is 0 Å². The lowest BCUT2D eigenvalue weighted by Gasteiger charge is -0.668. The third-order valence-electron chi connectivity index (χ3n) is 0. The lowest BCUT2D eigenvalue weighted by Crippen LogP contribution is -0.569. The molecule has 0 heterocycles. The van der Waals surface area contributed by atoms with Gasteiger partial charge >= 0.3 is 0 Å². The Kier molecular flexibility index (Phi) is 6730. The Morgan fingerprint density at radius 2 is 1.20 bits per heavy atom. The summed E-state index contributed by atoms with van der Waals surface area (Å²) < 4.78 is 0. The van der Waals surface area contributed by atoms with E-state index in [4.69, 9.17) is 5.26 Å². The number of nitriles is 1. The van der Waals surface area contributed by atoms with Gasteiger partial charge in [-0.1, -0.05) is 0 Å². The van der Waals surface area contributed by atoms with Gasteiger partial charge in [0.05, 0.1) is 0 Å². The van der Waals surface area contributed by atoms with Gasteiger partial charge in [0.25, 0.3) is 0 Å². The van der Waals surface area contributed by atoms with Crippen molar-refractivity contribution in [2.24, 2.45) is 0 Å². The van der Waals surface area contributed by atoms with Gasteiger partial charge in [0.15, 0.2) is 0 Å². The molecule has 0 spiro atoms. The van der Waals surface area contributed by atoms with E-state index in [2.05, 4.69) is 6.57 Å². The number of rotatable bonds is 0. The maximum absolute atomic E-state index is 6.50. The molecular formula is CH4ClFNO. The molecule has 0 aliphatic heterocycles. The average Bonchev–Trinajstić information content (AvgIpc) is 1.00. The van der Waals surface area contributed by atoms with Crippen LogP contribution in [0, 0.1) is 11.8 Å². The molecule has 0 atom stereocenters. The van der Waals surface area contributed by atoms with E-state index >= 15 is 0 Å². The molecule has 0 bridgehead atoms. The highest BCUT2D eigenvalue weighted by atomic mass is 35.5. The van der Waals surface area contributed by atoms with E-state index in [1.807, 2.05) is 0 Å². The van der Waals surface area contributed by atoms with Crippen molar-refractivity contribution < 1.29 is 10.2 Å². The Morgan fingerprint density at radius 1 is 1.20 bits per heavy atom. The summed E-state index contributed by atoms with van der Waals surface area (Å²) in [7, 11) is 0. The average molecular weight is 100 g/mol. The van der Waals surface area contributed by atoms with Crippen molar-refractivity contribution in [1.82, 2.24) is 0 Å². The summed E-state index contributed by atoms with van der Waals surface area (Å²) in [4.78, 5) is 0. The maximum atomic E-state index is 6.50. The molecule has 0 unspecified atom stereocenters. The summed E-state index contributed by atoms with van der Waals surface area (Å²) in [6.07, 6.45) is 0. The van der Waals surface area contributed by atoms with Crippen LogP contribution in [0.5, 0.6) is 0 Å². The van der Waals surface area contributed by atoms with Gasteiger partial charge in [-0.2, -0.15) is 0 Å². The Bertz CT molecular complexity index is 16.4. The predicted octanol–water partition coefficient (Wildman–Crippen LogP) is 0.537. The van der Waals surface area contributed by atoms with Crippen molar-refractivity contribution in [3.8, 4) is 6.57 Å². The summed E-state index contributed by atoms with van der Waals surface area (Å²) in [6.45, 7) is 3.50. The Morgan fingerprint density at radius 3 is 1.20 bits per heavy atom. The van der Waals surface area contributed by atoms with Crippen molar-refractivity contribution in [2.75, 3.05) is 0 Å². The molecule has 0 fully saturated rings. The summed E-state index contributed by atoms with van der Waals surface area (Å²) >= 11 is 0. The normalized spacial score (nSPS) is 0.400. The van der Waals surface area contributed by atoms with Crippen LogP contribution in [-0.4, -0.2) is 5.48 Å². The van der Waals surface area contributed by atoms with E-state index in [-0.39, 0.29) is 22.6 Å². The monoisotopic (exact) mass is 100.0 g/mol. The lowest BCUT2D eigenvalue weighted by molar-refractivity contribution is 0.824. The highest BCUT2D eigenvalue weighted by Crippen LogP contribution is 0.690. The highest BCUT2D eigenvalue weighted by Gasteiger charge is 0.513. The zero-order chi connectivity index (χ0) is 2.00. The van der Waals surface area contributed by atoms with Gasteiger partial charge < -0.3 is 0 Å². The topological polar surface area (TPSA) is 53.8 Å². The van der Waals surface area contributed by atoms with E-state index in [0.717, 1.165) is 0 Å². The van der Waals surface area contributed by atoms with Crippen molar-refractivity contribution in [2.45, 2.75) is 0 Å². The molecule has 33 valence electrons. The standard InChI is InChI=1S/CHN.ClH.FH.HO/c1-2;;;/h1H;3*1H. The van der Waals surface area contributed by atoms with Crippen LogP contribution < -0.4 is 0 Å². The molecule has 0 aromatic heterocycles. The van der Waals surface area contributed by atoms with Gasteiger partial charge in [-0.3, -0.25) is 10.2 Å². The van der Waals surface area contributed by atoms with Crippen LogP contribution in [0.25, 0.3) is 0 Å². The molecule has 0 saturated heterocycles. The zero-order valence-electron chi connectivity index (χ0n) is 2.29. The SMILES string of the molecule is C#N.Cl.F.[OH]. The zero-order valence-corrected chi connectivity index (χ0v) is 3.10. The smallest absolute Gasteiger partial charge is 0.0462 e. The quantitative estimate of drug-likeness (QED) is 0.475. The number of nitrogens with zero attached hydrogens (tertiary/aromatic N) is 1. The van der Waals surface area contributed by atoms with Crippen LogP contribution in [0.4, 0.5) is 4.70 Å². The number of hydrogen-bond acceptors (Lipinski definition) is 1. The summed E-state index contributed by atoms with van der Waals surface area (Å²) in [5, 5.41) is 6.50. The van der Waals surface area contributed by atoms with E-state index in [1.54, 1.807) is 0 Å². The molecule has 0 saturated carbocycles. The Balaban J connectivity index is -0.00000000167. The van der Waals surface area contributed by atoms with Gasteiger partial charge in [-0.15, -0.1) is 12.4 Å². The first kappa shape index (κ1) is 140. The molecule has 4 heteroatoms. The van der Waals surface area contributed by atoms with Crippen molar-refractivity contribution in [3.05, 3.63) is 0 Å². The number of hydrogen-bond donors (Lipinski definition) is 1. The summed E-state index contributed by atoms with van der Waals surface area (Å²) in [5.74, 6) is 0. The molecule has 5 heavy (non-hydrogen) atoms. The molecule has 1 radical (unpaired) electrons. The third kappa shape index (κ3) is 94.0. The van der Waals surface area contributed by atoms with Gasteiger partial charge in [0, 0.05) is 6.57 Å². The second-order valence-electron chi connectivity index (χ2n) is 0. The summed E-state index contributed by atoms with van der Waals surface area (Å²) in [5.41, 5.74) is 0. The van der Waals surface area contributed by atoms with Crippen LogP contribution >= 0.6 is 12.4 Å². The van der Waals surface area contributed by atoms with Crippen LogP contribution in [0.3, 0.4) is 0 Å². The lowest BCUT2D eigenvalue weighted by atomic mass is 11.9. The molecule has 0 amide bonds. The molecule has 0 aromatic rings. The molecule has 0 aliphatic carbocycles. The van der Waals surface area contributed by atoms with Crippen molar-refractivity contribution in [3.63, 3.8) is 0 Å². The minimum Gasteiger partial charge on any atom is -0.269 e. The van der Waals surface area contributed by atoms with E-state index < -0.39 is 0 Å².